The van der Waals surface area contributed by atoms with Crippen molar-refractivity contribution in [2.24, 2.45) is 0 Å². The molecule has 0 amide bonds. The third-order valence-corrected chi connectivity index (χ3v) is 3.01. The van der Waals surface area contributed by atoms with Gasteiger partial charge in [0.1, 0.15) is 0 Å². The summed E-state index contributed by atoms with van der Waals surface area (Å²) in [6, 6.07) is 0. The van der Waals surface area contributed by atoms with Gasteiger partial charge in [-0.1, -0.05) is 50.9 Å². The van der Waals surface area contributed by atoms with Crippen LogP contribution in [0.3, 0.4) is 0 Å². The summed E-state index contributed by atoms with van der Waals surface area (Å²) in [7, 11) is 0. The Balaban J connectivity index is 3.24. The van der Waals surface area contributed by atoms with Gasteiger partial charge in [-0.15, -0.1) is 0 Å². The second-order valence-electron chi connectivity index (χ2n) is 4.68. The van der Waals surface area contributed by atoms with Crippen LogP contribution in [0.2, 0.25) is 0 Å². The molecule has 0 bridgehead atoms. The van der Waals surface area contributed by atoms with Gasteiger partial charge in [0, 0.05) is 19.3 Å². The fourth-order valence-corrected chi connectivity index (χ4v) is 1.80. The molecule has 0 unspecified atom stereocenters. The average Bonchev–Trinajstić information content (AvgIpc) is 2.39. The molecule has 0 spiro atoms. The van der Waals surface area contributed by atoms with Crippen molar-refractivity contribution in [3.8, 4) is 23.7 Å². The summed E-state index contributed by atoms with van der Waals surface area (Å²) in [5.74, 6) is 12.0. The summed E-state index contributed by atoms with van der Waals surface area (Å²) in [5, 5.41) is -0.213. The Hall–Kier alpha value is -0.920. The first-order valence-electron chi connectivity index (χ1n) is 7.41. The molecule has 0 saturated carbocycles. The van der Waals surface area contributed by atoms with E-state index in [2.05, 4.69) is 30.6 Å². The Morgan fingerprint density at radius 1 is 0.842 bits per heavy atom. The van der Waals surface area contributed by atoms with Gasteiger partial charge in [-0.2, -0.15) is 0 Å². The van der Waals surface area contributed by atoms with Crippen molar-refractivity contribution in [3.05, 3.63) is 0 Å². The molecular formula is C17H25ClO. The molecule has 19 heavy (non-hydrogen) atoms. The third-order valence-electron chi connectivity index (χ3n) is 2.82. The number of carbonyl (C=O) groups excluding carboxylic acids is 1. The highest BCUT2D eigenvalue weighted by molar-refractivity contribution is 6.63. The van der Waals surface area contributed by atoms with Crippen LogP contribution in [0.4, 0.5) is 0 Å². The molecular weight excluding hydrogens is 256 g/mol. The van der Waals surface area contributed by atoms with E-state index in [1.807, 2.05) is 0 Å². The van der Waals surface area contributed by atoms with E-state index < -0.39 is 0 Å². The van der Waals surface area contributed by atoms with E-state index in [0.717, 1.165) is 32.1 Å². The minimum absolute atomic E-state index is 0.213. The summed E-state index contributed by atoms with van der Waals surface area (Å²) in [4.78, 5) is 10.5. The topological polar surface area (TPSA) is 17.1 Å². The Morgan fingerprint density at radius 2 is 1.37 bits per heavy atom. The van der Waals surface area contributed by atoms with Crippen LogP contribution in [0.5, 0.6) is 0 Å². The minimum Gasteiger partial charge on any atom is -0.281 e. The first kappa shape index (κ1) is 18.1. The molecule has 0 rings (SSSR count). The van der Waals surface area contributed by atoms with Gasteiger partial charge in [-0.3, -0.25) is 4.79 Å². The lowest BCUT2D eigenvalue weighted by molar-refractivity contribution is -0.111. The normalized spacial score (nSPS) is 9.16. The average molecular weight is 281 g/mol. The van der Waals surface area contributed by atoms with Crippen LogP contribution < -0.4 is 0 Å². The maximum absolute atomic E-state index is 10.5. The van der Waals surface area contributed by atoms with E-state index in [4.69, 9.17) is 11.6 Å². The van der Waals surface area contributed by atoms with E-state index in [1.54, 1.807) is 0 Å². The number of rotatable bonds is 10. The number of carbonyl (C=O) groups is 1. The molecule has 0 fully saturated rings. The van der Waals surface area contributed by atoms with E-state index in [1.165, 1.54) is 32.1 Å². The minimum atomic E-state index is -0.213. The Kier molecular flexibility index (Phi) is 14.4. The van der Waals surface area contributed by atoms with Crippen LogP contribution in [-0.4, -0.2) is 5.24 Å². The summed E-state index contributed by atoms with van der Waals surface area (Å²) >= 11 is 5.26. The monoisotopic (exact) mass is 280 g/mol. The zero-order valence-electron chi connectivity index (χ0n) is 12.1. The highest BCUT2D eigenvalue weighted by Crippen LogP contribution is 2.09. The van der Waals surface area contributed by atoms with E-state index >= 15 is 0 Å². The SMILES string of the molecule is CCCCC#CC#CCCCCCCCCC(=O)Cl. The smallest absolute Gasteiger partial charge is 0.221 e. The summed E-state index contributed by atoms with van der Waals surface area (Å²) in [6.45, 7) is 2.17. The van der Waals surface area contributed by atoms with Crippen molar-refractivity contribution >= 4 is 16.8 Å². The van der Waals surface area contributed by atoms with Crippen molar-refractivity contribution < 1.29 is 4.79 Å². The second-order valence-corrected chi connectivity index (χ2v) is 5.11. The quantitative estimate of drug-likeness (QED) is 0.310. The molecule has 0 saturated heterocycles. The van der Waals surface area contributed by atoms with Crippen LogP contribution in [0.15, 0.2) is 0 Å². The fraction of sp³-hybridized carbons (Fsp3) is 0.706. The lowest BCUT2D eigenvalue weighted by Crippen LogP contribution is -1.86. The van der Waals surface area contributed by atoms with Gasteiger partial charge in [0.25, 0.3) is 0 Å². The van der Waals surface area contributed by atoms with E-state index in [0.29, 0.717) is 6.42 Å². The number of halogens is 1. The van der Waals surface area contributed by atoms with Crippen molar-refractivity contribution in [2.75, 3.05) is 0 Å². The van der Waals surface area contributed by atoms with Crippen molar-refractivity contribution in [1.29, 1.82) is 0 Å². The van der Waals surface area contributed by atoms with E-state index in [-0.39, 0.29) is 5.24 Å². The Morgan fingerprint density at radius 3 is 1.95 bits per heavy atom. The second kappa shape index (κ2) is 15.1. The highest BCUT2D eigenvalue weighted by Gasteiger charge is 1.95. The molecule has 1 nitrogen and oxygen atoms in total. The van der Waals surface area contributed by atoms with Crippen LogP contribution in [0.1, 0.15) is 77.6 Å². The van der Waals surface area contributed by atoms with Gasteiger partial charge in [-0.05, 0) is 42.7 Å². The third kappa shape index (κ3) is 17.1. The fourth-order valence-electron chi connectivity index (χ4n) is 1.66. The Bertz CT molecular complexity index is 338. The molecule has 0 radical (unpaired) electrons. The predicted octanol–water partition coefficient (Wildman–Crippen LogP) is 5.07. The Labute approximate surface area is 123 Å². The molecule has 2 heteroatoms. The maximum Gasteiger partial charge on any atom is 0.221 e. The maximum atomic E-state index is 10.5. The zero-order valence-corrected chi connectivity index (χ0v) is 12.8. The highest BCUT2D eigenvalue weighted by atomic mass is 35.5. The van der Waals surface area contributed by atoms with Crippen molar-refractivity contribution in [3.63, 3.8) is 0 Å². The van der Waals surface area contributed by atoms with Gasteiger partial charge < -0.3 is 0 Å². The lowest BCUT2D eigenvalue weighted by Gasteiger charge is -1.98. The van der Waals surface area contributed by atoms with Crippen LogP contribution in [0.25, 0.3) is 0 Å². The van der Waals surface area contributed by atoms with Crippen LogP contribution in [-0.2, 0) is 4.79 Å². The number of hydrogen-bond acceptors (Lipinski definition) is 1. The van der Waals surface area contributed by atoms with Gasteiger partial charge in [0.2, 0.25) is 5.24 Å². The summed E-state index contributed by atoms with van der Waals surface area (Å²) in [6.07, 6.45) is 11.6. The zero-order chi connectivity index (χ0) is 14.2. The van der Waals surface area contributed by atoms with Crippen molar-refractivity contribution in [1.82, 2.24) is 0 Å². The molecule has 0 aliphatic carbocycles. The first-order valence-corrected chi connectivity index (χ1v) is 7.79. The molecule has 0 aromatic heterocycles. The first-order chi connectivity index (χ1) is 9.27. The van der Waals surface area contributed by atoms with Crippen molar-refractivity contribution in [2.45, 2.75) is 77.6 Å². The van der Waals surface area contributed by atoms with Gasteiger partial charge in [-0.25, -0.2) is 0 Å². The van der Waals surface area contributed by atoms with Gasteiger partial charge in [0.15, 0.2) is 0 Å². The van der Waals surface area contributed by atoms with E-state index in [9.17, 15) is 4.79 Å². The lowest BCUT2D eigenvalue weighted by atomic mass is 10.1. The molecule has 0 N–H and O–H groups in total. The predicted molar refractivity (Wildman–Crippen MR) is 82.9 cm³/mol. The molecule has 0 aromatic rings. The number of unbranched alkanes of at least 4 members (excludes halogenated alkanes) is 8. The van der Waals surface area contributed by atoms with Gasteiger partial charge in [0.05, 0.1) is 0 Å². The molecule has 0 aliphatic heterocycles. The van der Waals surface area contributed by atoms with Gasteiger partial charge >= 0.3 is 0 Å². The van der Waals surface area contributed by atoms with Crippen LogP contribution in [0, 0.1) is 23.7 Å². The molecule has 0 atom stereocenters. The molecule has 0 aliphatic rings. The van der Waals surface area contributed by atoms with Crippen LogP contribution >= 0.6 is 11.6 Å². The molecule has 0 aromatic carbocycles. The summed E-state index contributed by atoms with van der Waals surface area (Å²) in [5.41, 5.74) is 0. The molecule has 106 valence electrons. The summed E-state index contributed by atoms with van der Waals surface area (Å²) < 4.78 is 0. The standard InChI is InChI=1S/C17H25ClO/c1-2-3-4-5-6-7-8-9-10-11-12-13-14-15-16-17(18)19/h2-4,9-16H2,1H3. The number of hydrogen-bond donors (Lipinski definition) is 0. The largest absolute Gasteiger partial charge is 0.281 e. The molecule has 0 heterocycles.